The lowest BCUT2D eigenvalue weighted by atomic mass is 10.2. The van der Waals surface area contributed by atoms with E-state index in [0.717, 1.165) is 6.26 Å². The van der Waals surface area contributed by atoms with Gasteiger partial charge in [-0.2, -0.15) is 0 Å². The number of rotatable bonds is 6. The van der Waals surface area contributed by atoms with Crippen LogP contribution in [0, 0.1) is 0 Å². The number of ether oxygens (including phenoxy) is 1. The van der Waals surface area contributed by atoms with Gasteiger partial charge in [0.25, 0.3) is 5.91 Å². The second-order valence-electron chi connectivity index (χ2n) is 4.70. The zero-order chi connectivity index (χ0) is 16.0. The Hall–Kier alpha value is -1.89. The summed E-state index contributed by atoms with van der Waals surface area (Å²) in [6.07, 6.45) is 1.88. The highest BCUT2D eigenvalue weighted by Gasteiger charge is 2.13. The fourth-order valence-electron chi connectivity index (χ4n) is 1.73. The number of carbonyl (C=O) groups excluding carboxylic acids is 2. The van der Waals surface area contributed by atoms with Gasteiger partial charge in [0.1, 0.15) is 0 Å². The fraction of sp³-hybridized carbons (Fsp3) is 0.429. The maximum absolute atomic E-state index is 12.1. The van der Waals surface area contributed by atoms with Crippen molar-refractivity contribution in [1.29, 1.82) is 0 Å². The average Bonchev–Trinajstić information content (AvgIpc) is 2.45. The molecule has 1 rings (SSSR count). The molecule has 1 aromatic rings. The Morgan fingerprint density at radius 3 is 2.24 bits per heavy atom. The minimum absolute atomic E-state index is 0.174. The van der Waals surface area contributed by atoms with Crippen LogP contribution in [-0.2, 0) is 19.4 Å². The van der Waals surface area contributed by atoms with E-state index in [4.69, 9.17) is 0 Å². The normalized spacial score (nSPS) is 11.0. The van der Waals surface area contributed by atoms with E-state index in [9.17, 15) is 18.0 Å². The lowest BCUT2D eigenvalue weighted by Crippen LogP contribution is -2.28. The SMILES string of the molecule is COC(=O)CCCN(C)C(=O)c1ccc(S(C)(=O)=O)cc1. The molecule has 0 saturated heterocycles. The summed E-state index contributed by atoms with van der Waals surface area (Å²) in [5, 5.41) is 0. The number of esters is 1. The maximum atomic E-state index is 12.1. The van der Waals surface area contributed by atoms with E-state index in [2.05, 4.69) is 4.74 Å². The van der Waals surface area contributed by atoms with E-state index < -0.39 is 9.84 Å². The van der Waals surface area contributed by atoms with Crippen molar-refractivity contribution in [3.05, 3.63) is 29.8 Å². The van der Waals surface area contributed by atoms with Gasteiger partial charge in [-0.15, -0.1) is 0 Å². The van der Waals surface area contributed by atoms with E-state index in [0.29, 0.717) is 18.5 Å². The molecule has 7 heteroatoms. The monoisotopic (exact) mass is 313 g/mol. The molecule has 0 unspecified atom stereocenters. The summed E-state index contributed by atoms with van der Waals surface area (Å²) in [5.41, 5.74) is 0.406. The van der Waals surface area contributed by atoms with Gasteiger partial charge in [-0.1, -0.05) is 0 Å². The molecule has 0 bridgehead atoms. The van der Waals surface area contributed by atoms with Gasteiger partial charge in [0.15, 0.2) is 9.84 Å². The largest absolute Gasteiger partial charge is 0.469 e. The zero-order valence-corrected chi connectivity index (χ0v) is 13.1. The van der Waals surface area contributed by atoms with Crippen molar-refractivity contribution in [3.8, 4) is 0 Å². The van der Waals surface area contributed by atoms with Crippen molar-refractivity contribution >= 4 is 21.7 Å². The summed E-state index contributed by atoms with van der Waals surface area (Å²) in [7, 11) is -0.319. The molecular formula is C14H19NO5S. The van der Waals surface area contributed by atoms with Crippen LogP contribution in [0.2, 0.25) is 0 Å². The highest BCUT2D eigenvalue weighted by atomic mass is 32.2. The molecule has 21 heavy (non-hydrogen) atoms. The van der Waals surface area contributed by atoms with Gasteiger partial charge in [-0.05, 0) is 30.7 Å². The van der Waals surface area contributed by atoms with Crippen LogP contribution in [0.1, 0.15) is 23.2 Å². The van der Waals surface area contributed by atoms with E-state index in [1.54, 1.807) is 7.05 Å². The van der Waals surface area contributed by atoms with E-state index >= 15 is 0 Å². The van der Waals surface area contributed by atoms with Gasteiger partial charge in [0.05, 0.1) is 12.0 Å². The highest BCUT2D eigenvalue weighted by molar-refractivity contribution is 7.90. The first-order valence-corrected chi connectivity index (χ1v) is 8.27. The van der Waals surface area contributed by atoms with Gasteiger partial charge >= 0.3 is 5.97 Å². The van der Waals surface area contributed by atoms with Gasteiger partial charge in [0, 0.05) is 31.8 Å². The van der Waals surface area contributed by atoms with E-state index in [1.807, 2.05) is 0 Å². The summed E-state index contributed by atoms with van der Waals surface area (Å²) in [6.45, 7) is 0.418. The molecule has 0 spiro atoms. The molecule has 0 heterocycles. The molecule has 116 valence electrons. The van der Waals surface area contributed by atoms with Gasteiger partial charge < -0.3 is 9.64 Å². The number of carbonyl (C=O) groups is 2. The Kier molecular flexibility index (Phi) is 5.90. The van der Waals surface area contributed by atoms with Crippen molar-refractivity contribution in [2.45, 2.75) is 17.7 Å². The zero-order valence-electron chi connectivity index (χ0n) is 12.3. The Bertz CT molecular complexity index is 607. The van der Waals surface area contributed by atoms with Gasteiger partial charge in [0.2, 0.25) is 0 Å². The summed E-state index contributed by atoms with van der Waals surface area (Å²) < 4.78 is 27.2. The van der Waals surface area contributed by atoms with Crippen molar-refractivity contribution in [2.75, 3.05) is 27.0 Å². The molecule has 0 radical (unpaired) electrons. The molecule has 1 aromatic carbocycles. The standard InChI is InChI=1S/C14H19NO5S/c1-15(10-4-5-13(16)20-2)14(17)11-6-8-12(9-7-11)21(3,18)19/h6-9H,4-5,10H2,1-3H3. The lowest BCUT2D eigenvalue weighted by Gasteiger charge is -2.17. The molecule has 0 aliphatic heterocycles. The van der Waals surface area contributed by atoms with Gasteiger partial charge in [-0.3, -0.25) is 9.59 Å². The second-order valence-corrected chi connectivity index (χ2v) is 6.72. The topological polar surface area (TPSA) is 80.8 Å². The number of amides is 1. The van der Waals surface area contributed by atoms with Gasteiger partial charge in [-0.25, -0.2) is 8.42 Å². The Morgan fingerprint density at radius 2 is 1.76 bits per heavy atom. The van der Waals surface area contributed by atoms with Crippen LogP contribution in [-0.4, -0.2) is 52.2 Å². The third-order valence-corrected chi connectivity index (χ3v) is 4.11. The first-order chi connectivity index (χ1) is 9.75. The Labute approximate surface area is 124 Å². The predicted molar refractivity (Wildman–Crippen MR) is 77.8 cm³/mol. The van der Waals surface area contributed by atoms with Crippen LogP contribution < -0.4 is 0 Å². The molecule has 0 saturated carbocycles. The molecule has 0 N–H and O–H groups in total. The third-order valence-electron chi connectivity index (χ3n) is 2.98. The first-order valence-electron chi connectivity index (χ1n) is 6.38. The number of hydrogen-bond donors (Lipinski definition) is 0. The minimum Gasteiger partial charge on any atom is -0.469 e. The first kappa shape index (κ1) is 17.2. The van der Waals surface area contributed by atoms with Crippen LogP contribution in [0.25, 0.3) is 0 Å². The third kappa shape index (κ3) is 5.18. The highest BCUT2D eigenvalue weighted by Crippen LogP contribution is 2.12. The van der Waals surface area contributed by atoms with Crippen LogP contribution in [0.4, 0.5) is 0 Å². The molecule has 6 nitrogen and oxygen atoms in total. The molecule has 0 fully saturated rings. The van der Waals surface area contributed by atoms with Crippen LogP contribution in [0.15, 0.2) is 29.2 Å². The average molecular weight is 313 g/mol. The fourth-order valence-corrected chi connectivity index (χ4v) is 2.36. The Morgan fingerprint density at radius 1 is 1.19 bits per heavy atom. The van der Waals surface area contributed by atoms with Crippen LogP contribution >= 0.6 is 0 Å². The quantitative estimate of drug-likeness (QED) is 0.735. The van der Waals surface area contributed by atoms with Crippen LogP contribution in [0.5, 0.6) is 0 Å². The smallest absolute Gasteiger partial charge is 0.305 e. The maximum Gasteiger partial charge on any atom is 0.305 e. The lowest BCUT2D eigenvalue weighted by molar-refractivity contribution is -0.140. The minimum atomic E-state index is -3.27. The van der Waals surface area contributed by atoms with Crippen molar-refractivity contribution in [2.24, 2.45) is 0 Å². The number of benzene rings is 1. The number of nitrogens with zero attached hydrogens (tertiary/aromatic N) is 1. The van der Waals surface area contributed by atoms with Crippen LogP contribution in [0.3, 0.4) is 0 Å². The summed E-state index contributed by atoms with van der Waals surface area (Å²) in [5.74, 6) is -0.534. The molecule has 0 aliphatic carbocycles. The molecule has 0 aliphatic rings. The number of sulfone groups is 1. The predicted octanol–water partition coefficient (Wildman–Crippen LogP) is 1.12. The van der Waals surface area contributed by atoms with E-state index in [1.165, 1.54) is 36.3 Å². The van der Waals surface area contributed by atoms with Crippen molar-refractivity contribution in [1.82, 2.24) is 4.90 Å². The summed E-state index contributed by atoms with van der Waals surface area (Å²) >= 11 is 0. The summed E-state index contributed by atoms with van der Waals surface area (Å²) in [6, 6.07) is 5.78. The van der Waals surface area contributed by atoms with Crippen molar-refractivity contribution in [3.63, 3.8) is 0 Å². The van der Waals surface area contributed by atoms with Crippen molar-refractivity contribution < 1.29 is 22.7 Å². The summed E-state index contributed by atoms with van der Waals surface area (Å²) in [4.78, 5) is 24.8. The molecule has 0 aromatic heterocycles. The molecule has 1 amide bonds. The second kappa shape index (κ2) is 7.21. The van der Waals surface area contributed by atoms with E-state index in [-0.39, 0.29) is 23.2 Å². The Balaban J connectivity index is 2.64. The number of methoxy groups -OCH3 is 1. The molecule has 0 atom stereocenters. The molecular weight excluding hydrogens is 294 g/mol. The number of hydrogen-bond acceptors (Lipinski definition) is 5.